The van der Waals surface area contributed by atoms with Crippen LogP contribution in [0.5, 0.6) is 0 Å². The average molecular weight is 284 g/mol. The first-order valence-electron chi connectivity index (χ1n) is 6.74. The molecule has 0 aliphatic heterocycles. The molecule has 3 aromatic heterocycles. The molecule has 0 aliphatic rings. The second-order valence-corrected chi connectivity index (χ2v) is 4.79. The fourth-order valence-corrected chi connectivity index (χ4v) is 2.08. The molecular formula is C14H16N6O. The summed E-state index contributed by atoms with van der Waals surface area (Å²) < 4.78 is 3.45. The molecule has 7 heteroatoms. The van der Waals surface area contributed by atoms with Crippen molar-refractivity contribution in [3.63, 3.8) is 0 Å². The number of aliphatic hydroxyl groups excluding tert-OH is 1. The summed E-state index contributed by atoms with van der Waals surface area (Å²) in [6, 6.07) is 3.89. The van der Waals surface area contributed by atoms with Gasteiger partial charge in [-0.3, -0.25) is 14.3 Å². The van der Waals surface area contributed by atoms with E-state index < -0.39 is 6.10 Å². The number of pyridine rings is 1. The van der Waals surface area contributed by atoms with Gasteiger partial charge in [-0.2, -0.15) is 10.2 Å². The average Bonchev–Trinajstić information content (AvgIpc) is 3.17. The number of rotatable bonds is 6. The van der Waals surface area contributed by atoms with Crippen LogP contribution in [0.3, 0.4) is 0 Å². The maximum atomic E-state index is 9.97. The van der Waals surface area contributed by atoms with Crippen LogP contribution in [0.4, 0.5) is 0 Å². The molecule has 1 atom stereocenters. The normalized spacial score (nSPS) is 12.4. The number of hydrogen-bond acceptors (Lipinski definition) is 5. The SMILES string of the molecule is OC(CCn1cc(-c2cccnc2)cn1)Cn1cncn1. The summed E-state index contributed by atoms with van der Waals surface area (Å²) >= 11 is 0. The molecule has 1 unspecified atom stereocenters. The van der Waals surface area contributed by atoms with Crippen LogP contribution < -0.4 is 0 Å². The molecule has 3 rings (SSSR count). The van der Waals surface area contributed by atoms with Crippen LogP contribution in [0.25, 0.3) is 11.1 Å². The van der Waals surface area contributed by atoms with Gasteiger partial charge < -0.3 is 5.11 Å². The minimum Gasteiger partial charge on any atom is -0.391 e. The van der Waals surface area contributed by atoms with E-state index in [0.717, 1.165) is 11.1 Å². The highest BCUT2D eigenvalue weighted by Gasteiger charge is 2.07. The lowest BCUT2D eigenvalue weighted by molar-refractivity contribution is 0.133. The van der Waals surface area contributed by atoms with Crippen molar-refractivity contribution in [1.82, 2.24) is 29.5 Å². The molecule has 0 fully saturated rings. The maximum absolute atomic E-state index is 9.97. The standard InChI is InChI=1S/C14H16N6O/c21-14(9-20-11-16-10-18-20)3-5-19-8-13(7-17-19)12-2-1-4-15-6-12/h1-2,4,6-8,10-11,14,21H,3,5,9H2. The number of aromatic nitrogens is 6. The van der Waals surface area contributed by atoms with Crippen LogP contribution in [-0.4, -0.2) is 40.7 Å². The van der Waals surface area contributed by atoms with Crippen molar-refractivity contribution >= 4 is 0 Å². The van der Waals surface area contributed by atoms with Gasteiger partial charge in [0, 0.05) is 36.3 Å². The summed E-state index contributed by atoms with van der Waals surface area (Å²) in [5.41, 5.74) is 2.06. The molecule has 0 aromatic carbocycles. The van der Waals surface area contributed by atoms with Crippen LogP contribution in [0, 0.1) is 0 Å². The Hall–Kier alpha value is -2.54. The van der Waals surface area contributed by atoms with Crippen LogP contribution in [-0.2, 0) is 13.1 Å². The van der Waals surface area contributed by atoms with Crippen molar-refractivity contribution in [2.24, 2.45) is 0 Å². The van der Waals surface area contributed by atoms with Gasteiger partial charge in [-0.15, -0.1) is 0 Å². The molecule has 0 amide bonds. The van der Waals surface area contributed by atoms with Crippen LogP contribution in [0.15, 0.2) is 49.6 Å². The van der Waals surface area contributed by atoms with Crippen molar-refractivity contribution in [3.05, 3.63) is 49.6 Å². The maximum Gasteiger partial charge on any atom is 0.137 e. The van der Waals surface area contributed by atoms with E-state index in [4.69, 9.17) is 0 Å². The van der Waals surface area contributed by atoms with Gasteiger partial charge in [-0.1, -0.05) is 6.07 Å². The van der Waals surface area contributed by atoms with Crippen molar-refractivity contribution in [1.29, 1.82) is 0 Å². The van der Waals surface area contributed by atoms with Gasteiger partial charge in [0.05, 0.1) is 18.8 Å². The van der Waals surface area contributed by atoms with Gasteiger partial charge in [0.15, 0.2) is 0 Å². The zero-order valence-electron chi connectivity index (χ0n) is 11.4. The monoisotopic (exact) mass is 284 g/mol. The second kappa shape index (κ2) is 6.27. The Bertz CT molecular complexity index is 664. The van der Waals surface area contributed by atoms with E-state index >= 15 is 0 Å². The Morgan fingerprint density at radius 2 is 2.05 bits per heavy atom. The Labute approximate surface area is 121 Å². The Balaban J connectivity index is 1.55. The van der Waals surface area contributed by atoms with Crippen LogP contribution in [0.2, 0.25) is 0 Å². The second-order valence-electron chi connectivity index (χ2n) is 4.79. The Morgan fingerprint density at radius 3 is 2.81 bits per heavy atom. The van der Waals surface area contributed by atoms with Gasteiger partial charge in [0.25, 0.3) is 0 Å². The van der Waals surface area contributed by atoms with Gasteiger partial charge in [0.2, 0.25) is 0 Å². The van der Waals surface area contributed by atoms with Gasteiger partial charge in [-0.05, 0) is 12.5 Å². The molecule has 0 radical (unpaired) electrons. The van der Waals surface area contributed by atoms with Crippen molar-refractivity contribution in [2.75, 3.05) is 0 Å². The number of aliphatic hydroxyl groups is 1. The lowest BCUT2D eigenvalue weighted by atomic mass is 10.2. The minimum atomic E-state index is -0.474. The number of nitrogens with zero attached hydrogens (tertiary/aromatic N) is 6. The van der Waals surface area contributed by atoms with Gasteiger partial charge in [0.1, 0.15) is 12.7 Å². The fourth-order valence-electron chi connectivity index (χ4n) is 2.08. The van der Waals surface area contributed by atoms with E-state index in [2.05, 4.69) is 20.2 Å². The molecule has 0 aliphatic carbocycles. The molecule has 3 aromatic rings. The molecule has 21 heavy (non-hydrogen) atoms. The summed E-state index contributed by atoms with van der Waals surface area (Å²) in [5.74, 6) is 0. The molecule has 0 saturated heterocycles. The van der Waals surface area contributed by atoms with E-state index in [9.17, 15) is 5.11 Å². The van der Waals surface area contributed by atoms with E-state index in [1.807, 2.05) is 23.0 Å². The highest BCUT2D eigenvalue weighted by atomic mass is 16.3. The molecule has 0 spiro atoms. The van der Waals surface area contributed by atoms with E-state index in [-0.39, 0.29) is 0 Å². The first-order valence-corrected chi connectivity index (χ1v) is 6.74. The van der Waals surface area contributed by atoms with Crippen molar-refractivity contribution < 1.29 is 5.11 Å². The summed E-state index contributed by atoms with van der Waals surface area (Å²) in [4.78, 5) is 7.94. The lowest BCUT2D eigenvalue weighted by Crippen LogP contribution is -2.18. The summed E-state index contributed by atoms with van der Waals surface area (Å²) in [7, 11) is 0. The van der Waals surface area contributed by atoms with Crippen LogP contribution in [0.1, 0.15) is 6.42 Å². The zero-order chi connectivity index (χ0) is 14.5. The third kappa shape index (κ3) is 3.51. The van der Waals surface area contributed by atoms with Gasteiger partial charge in [-0.25, -0.2) is 4.98 Å². The predicted octanol–water partition coefficient (Wildman–Crippen LogP) is 0.988. The molecular weight excluding hydrogens is 268 g/mol. The third-order valence-corrected chi connectivity index (χ3v) is 3.18. The first kappa shape index (κ1) is 13.4. The highest BCUT2D eigenvalue weighted by Crippen LogP contribution is 2.16. The molecule has 0 bridgehead atoms. The van der Waals surface area contributed by atoms with Crippen molar-refractivity contribution in [2.45, 2.75) is 25.6 Å². The summed E-state index contributed by atoms with van der Waals surface area (Å²) in [6.07, 6.45) is 10.5. The fraction of sp³-hybridized carbons (Fsp3) is 0.286. The van der Waals surface area contributed by atoms with E-state index in [0.29, 0.717) is 19.5 Å². The molecule has 0 saturated carbocycles. The molecule has 3 heterocycles. The van der Waals surface area contributed by atoms with Gasteiger partial charge >= 0.3 is 0 Å². The molecule has 7 nitrogen and oxygen atoms in total. The summed E-state index contributed by atoms with van der Waals surface area (Å²) in [5, 5.41) is 18.2. The Kier molecular flexibility index (Phi) is 4.02. The van der Waals surface area contributed by atoms with Crippen LogP contribution >= 0.6 is 0 Å². The van der Waals surface area contributed by atoms with E-state index in [1.165, 1.54) is 6.33 Å². The lowest BCUT2D eigenvalue weighted by Gasteiger charge is -2.09. The quantitative estimate of drug-likeness (QED) is 0.730. The predicted molar refractivity (Wildman–Crippen MR) is 76.1 cm³/mol. The molecule has 108 valence electrons. The molecule has 1 N–H and O–H groups in total. The largest absolute Gasteiger partial charge is 0.391 e. The number of hydrogen-bond donors (Lipinski definition) is 1. The first-order chi connectivity index (χ1) is 10.3. The Morgan fingerprint density at radius 1 is 1.10 bits per heavy atom. The minimum absolute atomic E-state index is 0.441. The zero-order valence-corrected chi connectivity index (χ0v) is 11.4. The summed E-state index contributed by atoms with van der Waals surface area (Å²) in [6.45, 7) is 1.09. The number of aryl methyl sites for hydroxylation is 1. The highest BCUT2D eigenvalue weighted by molar-refractivity contribution is 5.60. The van der Waals surface area contributed by atoms with Crippen molar-refractivity contribution in [3.8, 4) is 11.1 Å². The topological polar surface area (TPSA) is 81.6 Å². The third-order valence-electron chi connectivity index (χ3n) is 3.18. The smallest absolute Gasteiger partial charge is 0.137 e. The van der Waals surface area contributed by atoms with E-state index in [1.54, 1.807) is 29.6 Å².